The number of nitrogens with zero attached hydrogens (tertiary/aromatic N) is 2. The summed E-state index contributed by atoms with van der Waals surface area (Å²) in [7, 11) is 1.47. The summed E-state index contributed by atoms with van der Waals surface area (Å²) in [5.41, 5.74) is 5.67. The fourth-order valence-corrected chi connectivity index (χ4v) is 2.95. The number of phenols is 1. The number of thioether (sulfide) groups is 1. The fraction of sp³-hybridized carbons (Fsp3) is 0.167. The number of aromatic amines is 1. The standard InChI is InChI=1S/C18H18N4O3S/c1-11(12-7-8-15(23)16(9-12)25-2)21-22-17(24)10-26-18-19-13-5-3-4-6-14(13)20-18/h3-9,23H,10H2,1-2H3,(H,19,20)(H,22,24). The highest BCUT2D eigenvalue weighted by Gasteiger charge is 2.08. The smallest absolute Gasteiger partial charge is 0.250 e. The summed E-state index contributed by atoms with van der Waals surface area (Å²) in [4.78, 5) is 19.6. The minimum absolute atomic E-state index is 0.0512. The topological polar surface area (TPSA) is 99.6 Å². The Labute approximate surface area is 154 Å². The molecule has 0 saturated heterocycles. The molecule has 0 aliphatic rings. The summed E-state index contributed by atoms with van der Waals surface area (Å²) in [5, 5.41) is 14.4. The van der Waals surface area contributed by atoms with E-state index in [0.29, 0.717) is 16.6 Å². The lowest BCUT2D eigenvalue weighted by Crippen LogP contribution is -2.21. The van der Waals surface area contributed by atoms with Crippen LogP contribution in [-0.2, 0) is 4.79 Å². The van der Waals surface area contributed by atoms with E-state index in [2.05, 4.69) is 20.5 Å². The average molecular weight is 370 g/mol. The van der Waals surface area contributed by atoms with Gasteiger partial charge in [-0.15, -0.1) is 0 Å². The summed E-state index contributed by atoms with van der Waals surface area (Å²) in [6.07, 6.45) is 0. The van der Waals surface area contributed by atoms with Crippen LogP contribution in [0.4, 0.5) is 0 Å². The number of hydrazone groups is 1. The normalized spacial score (nSPS) is 11.5. The Morgan fingerprint density at radius 2 is 2.15 bits per heavy atom. The molecule has 3 rings (SSSR count). The molecule has 0 unspecified atom stereocenters. The average Bonchev–Trinajstić information content (AvgIpc) is 3.07. The van der Waals surface area contributed by atoms with Gasteiger partial charge in [-0.2, -0.15) is 5.10 Å². The number of nitrogens with one attached hydrogen (secondary N) is 2. The Bertz CT molecular complexity index is 935. The van der Waals surface area contributed by atoms with Crippen molar-refractivity contribution in [3.63, 3.8) is 0 Å². The molecule has 0 aliphatic carbocycles. The first kappa shape index (κ1) is 17.8. The maximum atomic E-state index is 12.0. The molecule has 7 nitrogen and oxygen atoms in total. The molecular weight excluding hydrogens is 352 g/mol. The van der Waals surface area contributed by atoms with Gasteiger partial charge in [0.05, 0.1) is 29.6 Å². The number of hydrogen-bond donors (Lipinski definition) is 3. The predicted octanol–water partition coefficient (Wildman–Crippen LogP) is 2.91. The molecule has 1 heterocycles. The van der Waals surface area contributed by atoms with Gasteiger partial charge in [0.15, 0.2) is 16.7 Å². The SMILES string of the molecule is COc1cc(C(C)=NNC(=O)CSc2nc3ccccc3[nH]2)ccc1O. The molecule has 3 N–H and O–H groups in total. The summed E-state index contributed by atoms with van der Waals surface area (Å²) < 4.78 is 5.07. The number of amides is 1. The molecule has 0 aliphatic heterocycles. The van der Waals surface area contributed by atoms with Crippen LogP contribution in [0.2, 0.25) is 0 Å². The van der Waals surface area contributed by atoms with Gasteiger partial charge in [-0.05, 0) is 37.3 Å². The molecule has 1 amide bonds. The van der Waals surface area contributed by atoms with Gasteiger partial charge in [-0.1, -0.05) is 23.9 Å². The van der Waals surface area contributed by atoms with Crippen molar-refractivity contribution in [3.8, 4) is 11.5 Å². The molecule has 0 fully saturated rings. The van der Waals surface area contributed by atoms with Crippen LogP contribution in [0.25, 0.3) is 11.0 Å². The lowest BCUT2D eigenvalue weighted by molar-refractivity contribution is -0.118. The van der Waals surface area contributed by atoms with Crippen LogP contribution >= 0.6 is 11.8 Å². The van der Waals surface area contributed by atoms with E-state index < -0.39 is 0 Å². The zero-order valence-corrected chi connectivity index (χ0v) is 15.1. The number of ether oxygens (including phenoxy) is 1. The molecule has 3 aromatic rings. The van der Waals surface area contributed by atoms with Crippen LogP contribution in [0.15, 0.2) is 52.7 Å². The summed E-state index contributed by atoms with van der Waals surface area (Å²) >= 11 is 1.31. The summed E-state index contributed by atoms with van der Waals surface area (Å²) in [6.45, 7) is 1.76. The van der Waals surface area contributed by atoms with E-state index in [4.69, 9.17) is 4.74 Å². The van der Waals surface area contributed by atoms with Gasteiger partial charge in [0.1, 0.15) is 0 Å². The number of imidazole rings is 1. The van der Waals surface area contributed by atoms with Crippen LogP contribution in [0, 0.1) is 0 Å². The minimum Gasteiger partial charge on any atom is -0.504 e. The molecule has 134 valence electrons. The molecule has 8 heteroatoms. The van der Waals surface area contributed by atoms with E-state index in [1.54, 1.807) is 19.1 Å². The first-order valence-corrected chi connectivity index (χ1v) is 8.83. The second kappa shape index (κ2) is 7.92. The fourth-order valence-electron chi connectivity index (χ4n) is 2.28. The van der Waals surface area contributed by atoms with Crippen molar-refractivity contribution in [2.45, 2.75) is 12.1 Å². The van der Waals surface area contributed by atoms with E-state index in [9.17, 15) is 9.90 Å². The number of hydrogen-bond acceptors (Lipinski definition) is 6. The Morgan fingerprint density at radius 1 is 1.35 bits per heavy atom. The van der Waals surface area contributed by atoms with Crippen LogP contribution in [0.3, 0.4) is 0 Å². The summed E-state index contributed by atoms with van der Waals surface area (Å²) in [6, 6.07) is 12.6. The first-order chi connectivity index (χ1) is 12.6. The van der Waals surface area contributed by atoms with Gasteiger partial charge in [0.2, 0.25) is 0 Å². The summed E-state index contributed by atoms with van der Waals surface area (Å²) in [5.74, 6) is 0.356. The largest absolute Gasteiger partial charge is 0.504 e. The maximum Gasteiger partial charge on any atom is 0.250 e. The highest BCUT2D eigenvalue weighted by Crippen LogP contribution is 2.26. The van der Waals surface area contributed by atoms with Crippen molar-refractivity contribution < 1.29 is 14.6 Å². The third-order valence-corrected chi connectivity index (χ3v) is 4.53. The van der Waals surface area contributed by atoms with E-state index in [-0.39, 0.29) is 17.4 Å². The van der Waals surface area contributed by atoms with Crippen LogP contribution in [0.5, 0.6) is 11.5 Å². The molecular formula is C18H18N4O3S. The lowest BCUT2D eigenvalue weighted by atomic mass is 10.1. The monoisotopic (exact) mass is 370 g/mol. The van der Waals surface area contributed by atoms with Gasteiger partial charge < -0.3 is 14.8 Å². The molecule has 0 bridgehead atoms. The number of methoxy groups -OCH3 is 1. The second-order valence-electron chi connectivity index (χ2n) is 5.47. The molecule has 1 aromatic heterocycles. The highest BCUT2D eigenvalue weighted by atomic mass is 32.2. The van der Waals surface area contributed by atoms with Gasteiger partial charge in [0.25, 0.3) is 5.91 Å². The minimum atomic E-state index is -0.236. The number of para-hydroxylation sites is 2. The second-order valence-corrected chi connectivity index (χ2v) is 6.43. The highest BCUT2D eigenvalue weighted by molar-refractivity contribution is 7.99. The van der Waals surface area contributed by atoms with Crippen molar-refractivity contribution in [2.75, 3.05) is 12.9 Å². The number of aromatic nitrogens is 2. The van der Waals surface area contributed by atoms with E-state index in [1.165, 1.54) is 24.9 Å². The zero-order chi connectivity index (χ0) is 18.5. The number of carbonyl (C=O) groups excluding carboxylic acids is 1. The maximum absolute atomic E-state index is 12.0. The number of rotatable bonds is 6. The van der Waals surface area contributed by atoms with Gasteiger partial charge >= 0.3 is 0 Å². The van der Waals surface area contributed by atoms with E-state index in [1.807, 2.05) is 24.3 Å². The number of benzene rings is 2. The molecule has 0 atom stereocenters. The Morgan fingerprint density at radius 3 is 2.92 bits per heavy atom. The third-order valence-electron chi connectivity index (χ3n) is 3.65. The lowest BCUT2D eigenvalue weighted by Gasteiger charge is -2.06. The van der Waals surface area contributed by atoms with Crippen molar-refractivity contribution in [3.05, 3.63) is 48.0 Å². The number of aromatic hydroxyl groups is 1. The number of carbonyl (C=O) groups is 1. The van der Waals surface area contributed by atoms with Crippen molar-refractivity contribution in [1.82, 2.24) is 15.4 Å². The first-order valence-electron chi connectivity index (χ1n) is 7.85. The van der Waals surface area contributed by atoms with Gasteiger partial charge in [-0.3, -0.25) is 4.79 Å². The number of phenolic OH excluding ortho intramolecular Hbond substituents is 1. The van der Waals surface area contributed by atoms with Crippen molar-refractivity contribution in [2.24, 2.45) is 5.10 Å². The zero-order valence-electron chi connectivity index (χ0n) is 14.3. The van der Waals surface area contributed by atoms with Crippen LogP contribution in [-0.4, -0.2) is 39.6 Å². The molecule has 0 radical (unpaired) electrons. The van der Waals surface area contributed by atoms with E-state index in [0.717, 1.165) is 16.6 Å². The molecule has 0 saturated carbocycles. The Balaban J connectivity index is 1.58. The quantitative estimate of drug-likeness (QED) is 0.352. The van der Waals surface area contributed by atoms with Crippen molar-refractivity contribution >= 4 is 34.4 Å². The Hall–Kier alpha value is -3.00. The molecule has 0 spiro atoms. The van der Waals surface area contributed by atoms with Gasteiger partial charge in [0, 0.05) is 5.56 Å². The van der Waals surface area contributed by atoms with Gasteiger partial charge in [-0.25, -0.2) is 10.4 Å². The van der Waals surface area contributed by atoms with E-state index >= 15 is 0 Å². The van der Waals surface area contributed by atoms with Crippen molar-refractivity contribution in [1.29, 1.82) is 0 Å². The van der Waals surface area contributed by atoms with Crippen LogP contribution in [0.1, 0.15) is 12.5 Å². The van der Waals surface area contributed by atoms with Crippen LogP contribution < -0.4 is 10.2 Å². The number of H-pyrrole nitrogens is 1. The third kappa shape index (κ3) is 4.15. The molecule has 26 heavy (non-hydrogen) atoms. The molecule has 2 aromatic carbocycles. The Kier molecular flexibility index (Phi) is 5.43. The predicted molar refractivity (Wildman–Crippen MR) is 102 cm³/mol. The number of fused-ring (bicyclic) bond motifs is 1.